The number of rotatable bonds is 5. The average Bonchev–Trinajstić information content (AvgIpc) is 3.06. The van der Waals surface area contributed by atoms with E-state index in [1.54, 1.807) is 29.6 Å². The molecule has 6 nitrogen and oxygen atoms in total. The van der Waals surface area contributed by atoms with Gasteiger partial charge >= 0.3 is 6.03 Å². The summed E-state index contributed by atoms with van der Waals surface area (Å²) in [6, 6.07) is 10.1. The predicted octanol–water partition coefficient (Wildman–Crippen LogP) is 5.41. The van der Waals surface area contributed by atoms with Gasteiger partial charge in [0.25, 0.3) is 0 Å². The fraction of sp³-hybridized carbons (Fsp3) is 0.0556. The molecule has 1 heterocycles. The second-order valence-corrected chi connectivity index (χ2v) is 7.29. The molecule has 0 spiro atoms. The molecule has 3 aromatic rings. The van der Waals surface area contributed by atoms with E-state index in [4.69, 9.17) is 23.2 Å². The van der Waals surface area contributed by atoms with Crippen LogP contribution in [0.25, 0.3) is 0 Å². The Kier molecular flexibility index (Phi) is 6.45. The Morgan fingerprint density at radius 1 is 1.00 bits per heavy atom. The maximum atomic E-state index is 13.1. The topological polar surface area (TPSA) is 83.1 Å². The molecule has 0 radical (unpaired) electrons. The summed E-state index contributed by atoms with van der Waals surface area (Å²) in [5.41, 5.74) is 1.45. The molecule has 3 N–H and O–H groups in total. The van der Waals surface area contributed by atoms with Crippen LogP contribution in [0.4, 0.5) is 25.7 Å². The highest BCUT2D eigenvalue weighted by Gasteiger charge is 2.11. The summed E-state index contributed by atoms with van der Waals surface area (Å²) in [4.78, 5) is 28.3. The van der Waals surface area contributed by atoms with Crippen LogP contribution >= 0.6 is 34.5 Å². The number of urea groups is 1. The minimum Gasteiger partial charge on any atom is -0.326 e. The van der Waals surface area contributed by atoms with Gasteiger partial charge in [0.05, 0.1) is 17.1 Å². The second-order valence-electron chi connectivity index (χ2n) is 5.58. The zero-order valence-electron chi connectivity index (χ0n) is 14.1. The van der Waals surface area contributed by atoms with Crippen molar-refractivity contribution in [2.75, 3.05) is 16.0 Å². The van der Waals surface area contributed by atoms with Crippen LogP contribution in [0.5, 0.6) is 0 Å². The standard InChI is InChI=1S/C18H13Cl2FN4O2S/c19-10-1-3-11(4-2-10)23-17(27)25-18-24-13(9-28-18)8-16(26)22-12-5-6-15(21)14(20)7-12/h1-7,9H,8H2,(H,22,26)(H2,23,24,25,27). The maximum absolute atomic E-state index is 13.1. The van der Waals surface area contributed by atoms with Crippen LogP contribution in [0.3, 0.4) is 0 Å². The van der Waals surface area contributed by atoms with Crippen LogP contribution in [0.15, 0.2) is 47.8 Å². The van der Waals surface area contributed by atoms with Gasteiger partial charge in [-0.2, -0.15) is 0 Å². The van der Waals surface area contributed by atoms with E-state index in [0.717, 1.165) is 0 Å². The molecular weight excluding hydrogens is 426 g/mol. The summed E-state index contributed by atoms with van der Waals surface area (Å²) in [7, 11) is 0. The Balaban J connectivity index is 1.53. The van der Waals surface area contributed by atoms with E-state index >= 15 is 0 Å². The summed E-state index contributed by atoms with van der Waals surface area (Å²) in [5, 5.41) is 10.3. The van der Waals surface area contributed by atoms with Crippen LogP contribution in [0.1, 0.15) is 5.69 Å². The van der Waals surface area contributed by atoms with Gasteiger partial charge in [0.2, 0.25) is 5.91 Å². The molecule has 0 saturated heterocycles. The van der Waals surface area contributed by atoms with Crippen molar-refractivity contribution in [3.8, 4) is 0 Å². The lowest BCUT2D eigenvalue weighted by Crippen LogP contribution is -2.19. The first-order valence-corrected chi connectivity index (χ1v) is 9.55. The van der Waals surface area contributed by atoms with Crippen molar-refractivity contribution in [1.82, 2.24) is 4.98 Å². The van der Waals surface area contributed by atoms with Gasteiger partial charge in [0, 0.05) is 21.8 Å². The van der Waals surface area contributed by atoms with Gasteiger partial charge in [-0.15, -0.1) is 11.3 Å². The fourth-order valence-corrected chi connectivity index (χ4v) is 3.19. The smallest absolute Gasteiger partial charge is 0.325 e. The molecule has 3 rings (SSSR count). The first-order valence-electron chi connectivity index (χ1n) is 7.92. The number of carbonyl (C=O) groups excluding carboxylic acids is 2. The summed E-state index contributed by atoms with van der Waals surface area (Å²) >= 11 is 12.7. The SMILES string of the molecule is O=C(Cc1csc(NC(=O)Nc2ccc(Cl)cc2)n1)Nc1ccc(F)c(Cl)c1. The molecule has 1 aromatic heterocycles. The van der Waals surface area contributed by atoms with Crippen molar-refractivity contribution in [3.63, 3.8) is 0 Å². The van der Waals surface area contributed by atoms with Crippen molar-refractivity contribution < 1.29 is 14.0 Å². The highest BCUT2D eigenvalue weighted by molar-refractivity contribution is 7.14. The number of hydrogen-bond donors (Lipinski definition) is 3. The highest BCUT2D eigenvalue weighted by atomic mass is 35.5. The van der Waals surface area contributed by atoms with Crippen LogP contribution < -0.4 is 16.0 Å². The molecule has 0 aliphatic heterocycles. The maximum Gasteiger partial charge on any atom is 0.325 e. The van der Waals surface area contributed by atoms with Gasteiger partial charge < -0.3 is 10.6 Å². The number of aromatic nitrogens is 1. The zero-order valence-corrected chi connectivity index (χ0v) is 16.5. The Labute approximate surface area is 173 Å². The van der Waals surface area contributed by atoms with Crippen molar-refractivity contribution >= 4 is 63.0 Å². The normalized spacial score (nSPS) is 10.4. The summed E-state index contributed by atoms with van der Waals surface area (Å²) in [5.74, 6) is -0.906. The van der Waals surface area contributed by atoms with E-state index in [9.17, 15) is 14.0 Å². The number of nitrogens with one attached hydrogen (secondary N) is 3. The van der Waals surface area contributed by atoms with Gasteiger partial charge in [0.1, 0.15) is 5.82 Å². The number of nitrogens with zero attached hydrogens (tertiary/aromatic N) is 1. The molecular formula is C18H13Cl2FN4O2S. The molecule has 144 valence electrons. The molecule has 0 bridgehead atoms. The number of carbonyl (C=O) groups is 2. The Morgan fingerprint density at radius 3 is 2.43 bits per heavy atom. The first kappa shape index (κ1) is 20.1. The van der Waals surface area contributed by atoms with Gasteiger partial charge in [-0.3, -0.25) is 10.1 Å². The van der Waals surface area contributed by atoms with E-state index < -0.39 is 11.8 Å². The molecule has 28 heavy (non-hydrogen) atoms. The van der Waals surface area contributed by atoms with E-state index in [1.807, 2.05) is 0 Å². The van der Waals surface area contributed by atoms with Crippen molar-refractivity contribution in [1.29, 1.82) is 0 Å². The second kappa shape index (κ2) is 9.01. The lowest BCUT2D eigenvalue weighted by atomic mass is 10.2. The predicted molar refractivity (Wildman–Crippen MR) is 110 cm³/mol. The van der Waals surface area contributed by atoms with E-state index in [-0.39, 0.29) is 17.4 Å². The average molecular weight is 439 g/mol. The monoisotopic (exact) mass is 438 g/mol. The number of halogens is 3. The molecule has 0 fully saturated rings. The lowest BCUT2D eigenvalue weighted by Gasteiger charge is -2.05. The minimum absolute atomic E-state index is 0.00796. The largest absolute Gasteiger partial charge is 0.326 e. The molecule has 3 amide bonds. The summed E-state index contributed by atoms with van der Waals surface area (Å²) in [6.07, 6.45) is -0.00796. The van der Waals surface area contributed by atoms with Crippen molar-refractivity contribution in [2.45, 2.75) is 6.42 Å². The molecule has 2 aromatic carbocycles. The quantitative estimate of drug-likeness (QED) is 0.497. The van der Waals surface area contributed by atoms with Crippen molar-refractivity contribution in [3.05, 3.63) is 69.4 Å². The summed E-state index contributed by atoms with van der Waals surface area (Å²) in [6.45, 7) is 0. The number of thiazole rings is 1. The molecule has 0 aliphatic rings. The van der Waals surface area contributed by atoms with Crippen LogP contribution in [-0.2, 0) is 11.2 Å². The number of hydrogen-bond acceptors (Lipinski definition) is 4. The molecule has 10 heteroatoms. The number of amides is 3. The van der Waals surface area contributed by atoms with Gasteiger partial charge in [-0.25, -0.2) is 14.2 Å². The minimum atomic E-state index is -0.563. The fourth-order valence-electron chi connectivity index (χ4n) is 2.18. The van der Waals surface area contributed by atoms with Gasteiger partial charge in [-0.1, -0.05) is 23.2 Å². The van der Waals surface area contributed by atoms with Crippen LogP contribution in [0.2, 0.25) is 10.0 Å². The molecule has 0 aliphatic carbocycles. The lowest BCUT2D eigenvalue weighted by molar-refractivity contribution is -0.115. The zero-order chi connectivity index (χ0) is 20.1. The van der Waals surface area contributed by atoms with Crippen molar-refractivity contribution in [2.24, 2.45) is 0 Å². The van der Waals surface area contributed by atoms with Crippen LogP contribution in [-0.4, -0.2) is 16.9 Å². The van der Waals surface area contributed by atoms with E-state index in [0.29, 0.717) is 27.2 Å². The first-order chi connectivity index (χ1) is 13.4. The van der Waals surface area contributed by atoms with Crippen LogP contribution in [0, 0.1) is 5.82 Å². The Morgan fingerprint density at radius 2 is 1.71 bits per heavy atom. The Bertz CT molecular complexity index is 1010. The Hall–Kier alpha value is -2.68. The van der Waals surface area contributed by atoms with Gasteiger partial charge in [0.15, 0.2) is 5.13 Å². The summed E-state index contributed by atoms with van der Waals surface area (Å²) < 4.78 is 13.1. The number of anilines is 3. The third-order valence-electron chi connectivity index (χ3n) is 3.42. The molecule has 0 unspecified atom stereocenters. The van der Waals surface area contributed by atoms with E-state index in [2.05, 4.69) is 20.9 Å². The molecule has 0 atom stereocenters. The highest BCUT2D eigenvalue weighted by Crippen LogP contribution is 2.21. The third kappa shape index (κ3) is 5.66. The third-order valence-corrected chi connectivity index (χ3v) is 4.77. The molecule has 0 saturated carbocycles. The number of benzene rings is 2. The van der Waals surface area contributed by atoms with E-state index in [1.165, 1.54) is 29.5 Å². The van der Waals surface area contributed by atoms with Gasteiger partial charge in [-0.05, 0) is 42.5 Å².